The molecule has 2 N–H and O–H groups in total. The summed E-state index contributed by atoms with van der Waals surface area (Å²) in [5, 5.41) is 25.4. The summed E-state index contributed by atoms with van der Waals surface area (Å²) in [7, 11) is 0. The molecule has 2 amide bonds. The van der Waals surface area contributed by atoms with Crippen LogP contribution >= 0.6 is 0 Å². The molecule has 17 heteroatoms. The second-order valence-corrected chi connectivity index (χ2v) is 6.56. The molecule has 2 rings (SSSR count). The number of halogens is 6. The number of hydrogen-bond donors (Lipinski definition) is 2. The van der Waals surface area contributed by atoms with Gasteiger partial charge in [0.25, 0.3) is 11.4 Å². The number of amides is 2. The average molecular weight is 510 g/mol. The molecule has 0 saturated carbocycles. The van der Waals surface area contributed by atoms with Gasteiger partial charge in [-0.15, -0.1) is 0 Å². The summed E-state index contributed by atoms with van der Waals surface area (Å²) in [6.07, 6.45) is -10.2. The van der Waals surface area contributed by atoms with Crippen molar-refractivity contribution in [3.8, 4) is 0 Å². The lowest BCUT2D eigenvalue weighted by molar-refractivity contribution is -0.388. The van der Waals surface area contributed by atoms with Crippen molar-refractivity contribution in [1.82, 2.24) is 0 Å². The minimum absolute atomic E-state index is 0.329. The first-order chi connectivity index (χ1) is 16.1. The summed E-state index contributed by atoms with van der Waals surface area (Å²) in [5.74, 6) is -2.09. The molecule has 0 heterocycles. The molecule has 0 bridgehead atoms. The highest BCUT2D eigenvalue weighted by atomic mass is 19.4. The van der Waals surface area contributed by atoms with Crippen molar-refractivity contribution in [3.05, 3.63) is 67.8 Å². The Morgan fingerprint density at radius 2 is 1.09 bits per heavy atom. The standard InChI is InChI=1S/C18H12F6N4O7/c19-17(20,21)11-5-9(1-3-13(11)27(31)32)25-15(29)7-35-8-16(30)26-10-2-4-14(28(33)34)12(6-10)18(22,23)24/h1-6H,7-8H2,(H,25,29)(H,26,30). The number of alkyl halides is 6. The maximum absolute atomic E-state index is 13.0. The van der Waals surface area contributed by atoms with E-state index in [1.165, 1.54) is 0 Å². The van der Waals surface area contributed by atoms with Gasteiger partial charge < -0.3 is 15.4 Å². The zero-order chi connectivity index (χ0) is 26.6. The number of carbonyl (C=O) groups excluding carboxylic acids is 2. The normalized spacial score (nSPS) is 11.6. The summed E-state index contributed by atoms with van der Waals surface area (Å²) in [6.45, 7) is -1.75. The molecule has 0 aliphatic heterocycles. The molecule has 0 aliphatic carbocycles. The first-order valence-corrected chi connectivity index (χ1v) is 8.98. The van der Waals surface area contributed by atoms with Gasteiger partial charge in [0.1, 0.15) is 24.3 Å². The fourth-order valence-corrected chi connectivity index (χ4v) is 2.63. The van der Waals surface area contributed by atoms with Gasteiger partial charge in [0.15, 0.2) is 0 Å². The van der Waals surface area contributed by atoms with Crippen LogP contribution in [0.1, 0.15) is 11.1 Å². The summed E-state index contributed by atoms with van der Waals surface area (Å²) in [4.78, 5) is 42.6. The first-order valence-electron chi connectivity index (χ1n) is 8.98. The van der Waals surface area contributed by atoms with Crippen LogP contribution < -0.4 is 10.6 Å². The number of hydrogen-bond acceptors (Lipinski definition) is 7. The molecule has 0 unspecified atom stereocenters. The number of nitrogens with zero attached hydrogens (tertiary/aromatic N) is 2. The third kappa shape index (κ3) is 7.36. The van der Waals surface area contributed by atoms with E-state index >= 15 is 0 Å². The number of rotatable bonds is 8. The van der Waals surface area contributed by atoms with Crippen LogP contribution in [0.4, 0.5) is 49.1 Å². The van der Waals surface area contributed by atoms with E-state index in [9.17, 15) is 56.2 Å². The summed E-state index contributed by atoms with van der Waals surface area (Å²) in [5.41, 5.74) is -6.59. The second kappa shape index (κ2) is 10.3. The van der Waals surface area contributed by atoms with Crippen LogP contribution in [0.5, 0.6) is 0 Å². The van der Waals surface area contributed by atoms with E-state index in [1.807, 2.05) is 10.6 Å². The smallest absolute Gasteiger partial charge is 0.362 e. The number of benzene rings is 2. The zero-order valence-corrected chi connectivity index (χ0v) is 16.9. The van der Waals surface area contributed by atoms with Crippen molar-refractivity contribution < 1.29 is 50.5 Å². The van der Waals surface area contributed by atoms with Gasteiger partial charge in [-0.2, -0.15) is 26.3 Å². The Morgan fingerprint density at radius 1 is 0.743 bits per heavy atom. The van der Waals surface area contributed by atoms with Crippen LogP contribution in [0.3, 0.4) is 0 Å². The molecule has 0 saturated heterocycles. The summed E-state index contributed by atoms with van der Waals surface area (Å²) >= 11 is 0. The molecule has 0 aliphatic rings. The van der Waals surface area contributed by atoms with Crippen LogP contribution in [-0.4, -0.2) is 34.9 Å². The van der Waals surface area contributed by atoms with Crippen LogP contribution in [0.15, 0.2) is 36.4 Å². The van der Waals surface area contributed by atoms with Crippen LogP contribution in [-0.2, 0) is 26.7 Å². The van der Waals surface area contributed by atoms with E-state index in [2.05, 4.69) is 0 Å². The molecule has 188 valence electrons. The maximum Gasteiger partial charge on any atom is 0.423 e. The fraction of sp³-hybridized carbons (Fsp3) is 0.222. The van der Waals surface area contributed by atoms with Crippen molar-refractivity contribution >= 4 is 34.6 Å². The van der Waals surface area contributed by atoms with Crippen molar-refractivity contribution in [2.45, 2.75) is 12.4 Å². The minimum Gasteiger partial charge on any atom is -0.362 e. The molecule has 0 fully saturated rings. The number of nitro groups is 2. The molecule has 0 spiro atoms. The van der Waals surface area contributed by atoms with Crippen LogP contribution in [0, 0.1) is 20.2 Å². The molecular weight excluding hydrogens is 498 g/mol. The van der Waals surface area contributed by atoms with E-state index in [1.54, 1.807) is 0 Å². The lowest BCUT2D eigenvalue weighted by Crippen LogP contribution is -2.24. The first kappa shape index (κ1) is 27.0. The van der Waals surface area contributed by atoms with Gasteiger partial charge in [0.2, 0.25) is 11.8 Å². The number of ether oxygens (including phenoxy) is 1. The van der Waals surface area contributed by atoms with Crippen molar-refractivity contribution in [3.63, 3.8) is 0 Å². The Balaban J connectivity index is 1.96. The predicted octanol–water partition coefficient (Wildman–Crippen LogP) is 4.13. The molecule has 0 radical (unpaired) electrons. The lowest BCUT2D eigenvalue weighted by Gasteiger charge is -2.11. The fourth-order valence-electron chi connectivity index (χ4n) is 2.63. The monoisotopic (exact) mass is 510 g/mol. The van der Waals surface area contributed by atoms with Gasteiger partial charge in [-0.1, -0.05) is 0 Å². The number of anilines is 2. The molecule has 0 aromatic heterocycles. The third-order valence-corrected chi connectivity index (χ3v) is 4.03. The van der Waals surface area contributed by atoms with Gasteiger partial charge in [-0.25, -0.2) is 0 Å². The Hall–Kier alpha value is -4.28. The molecule has 35 heavy (non-hydrogen) atoms. The molecule has 2 aromatic carbocycles. The number of nitrogens with one attached hydrogen (secondary N) is 2. The van der Waals surface area contributed by atoms with Gasteiger partial charge in [0, 0.05) is 23.5 Å². The predicted molar refractivity (Wildman–Crippen MR) is 104 cm³/mol. The number of carbonyl (C=O) groups is 2. The van der Waals surface area contributed by atoms with Gasteiger partial charge in [-0.3, -0.25) is 29.8 Å². The molecule has 11 nitrogen and oxygen atoms in total. The topological polar surface area (TPSA) is 154 Å². The van der Waals surface area contributed by atoms with Gasteiger partial charge >= 0.3 is 12.4 Å². The van der Waals surface area contributed by atoms with Gasteiger partial charge in [-0.05, 0) is 24.3 Å². The average Bonchev–Trinajstić information content (AvgIpc) is 2.72. The van der Waals surface area contributed by atoms with E-state index < -0.39 is 81.1 Å². The van der Waals surface area contributed by atoms with Crippen LogP contribution in [0.25, 0.3) is 0 Å². The van der Waals surface area contributed by atoms with E-state index in [4.69, 9.17) is 4.74 Å². The Kier molecular flexibility index (Phi) is 7.96. The molecular formula is C18H12F6N4O7. The minimum atomic E-state index is -5.08. The maximum atomic E-state index is 13.0. The Morgan fingerprint density at radius 3 is 1.37 bits per heavy atom. The lowest BCUT2D eigenvalue weighted by atomic mass is 10.1. The summed E-state index contributed by atoms with van der Waals surface area (Å²) in [6, 6.07) is 3.40. The Labute approximate surface area is 190 Å². The van der Waals surface area contributed by atoms with E-state index in [0.717, 1.165) is 12.1 Å². The second-order valence-electron chi connectivity index (χ2n) is 6.56. The number of nitro benzene ring substituents is 2. The highest BCUT2D eigenvalue weighted by Crippen LogP contribution is 2.38. The third-order valence-electron chi connectivity index (χ3n) is 4.03. The van der Waals surface area contributed by atoms with E-state index in [0.29, 0.717) is 24.3 Å². The Bertz CT molecular complexity index is 1080. The van der Waals surface area contributed by atoms with Crippen molar-refractivity contribution in [1.29, 1.82) is 0 Å². The van der Waals surface area contributed by atoms with Crippen molar-refractivity contribution in [2.24, 2.45) is 0 Å². The van der Waals surface area contributed by atoms with Gasteiger partial charge in [0.05, 0.1) is 9.85 Å². The molecule has 0 atom stereocenters. The highest BCUT2D eigenvalue weighted by molar-refractivity contribution is 5.94. The van der Waals surface area contributed by atoms with E-state index in [-0.39, 0.29) is 0 Å². The molecule has 2 aromatic rings. The van der Waals surface area contributed by atoms with Crippen molar-refractivity contribution in [2.75, 3.05) is 23.8 Å². The zero-order valence-electron chi connectivity index (χ0n) is 16.9. The highest BCUT2D eigenvalue weighted by Gasteiger charge is 2.39. The largest absolute Gasteiger partial charge is 0.423 e. The van der Waals surface area contributed by atoms with Crippen LogP contribution in [0.2, 0.25) is 0 Å². The summed E-state index contributed by atoms with van der Waals surface area (Å²) < 4.78 is 82.5. The SMILES string of the molecule is O=C(COCC(=O)Nc1ccc([N+](=O)[O-])c(C(F)(F)F)c1)Nc1ccc([N+](=O)[O-])c(C(F)(F)F)c1. The quantitative estimate of drug-likeness (QED) is 0.307.